The Labute approximate surface area is 173 Å². The van der Waals surface area contributed by atoms with E-state index < -0.39 is 0 Å². The molecule has 0 aliphatic heterocycles. The molecule has 0 saturated carbocycles. The maximum atomic E-state index is 4.33. The standard InChI is InChI=1S/C25H17N3S/c1-4-10-18(11-5-1)22-23(19-12-6-2-7-13-19)25(21-16-17-26-28-27-21)29-24(22)20-14-8-3-9-15-20/h1-17H. The van der Waals surface area contributed by atoms with Crippen LogP contribution in [-0.2, 0) is 0 Å². The fourth-order valence-electron chi connectivity index (χ4n) is 3.53. The Kier molecular flexibility index (Phi) is 4.68. The van der Waals surface area contributed by atoms with Crippen LogP contribution in [0.4, 0.5) is 0 Å². The van der Waals surface area contributed by atoms with Crippen molar-refractivity contribution in [3.05, 3.63) is 103 Å². The van der Waals surface area contributed by atoms with Gasteiger partial charge in [0.15, 0.2) is 0 Å². The lowest BCUT2D eigenvalue weighted by Crippen LogP contribution is -1.90. The van der Waals surface area contributed by atoms with Gasteiger partial charge in [-0.1, -0.05) is 91.0 Å². The highest BCUT2D eigenvalue weighted by atomic mass is 32.1. The van der Waals surface area contributed by atoms with Crippen LogP contribution in [-0.4, -0.2) is 15.4 Å². The zero-order valence-corrected chi connectivity index (χ0v) is 16.4. The Morgan fingerprint density at radius 3 is 1.55 bits per heavy atom. The minimum absolute atomic E-state index is 0.836. The van der Waals surface area contributed by atoms with Crippen LogP contribution < -0.4 is 0 Å². The van der Waals surface area contributed by atoms with Gasteiger partial charge in [-0.25, -0.2) is 0 Å². The summed E-state index contributed by atoms with van der Waals surface area (Å²) < 4.78 is 0. The van der Waals surface area contributed by atoms with Gasteiger partial charge in [-0.3, -0.25) is 0 Å². The van der Waals surface area contributed by atoms with E-state index in [1.807, 2.05) is 18.2 Å². The Bertz CT molecular complexity index is 1120. The molecule has 0 atom stereocenters. The Balaban J connectivity index is 1.89. The van der Waals surface area contributed by atoms with Gasteiger partial charge in [-0.15, -0.1) is 21.5 Å². The second-order valence-electron chi connectivity index (χ2n) is 6.61. The van der Waals surface area contributed by atoms with Crippen LogP contribution >= 0.6 is 11.3 Å². The number of nitrogens with zero attached hydrogens (tertiary/aromatic N) is 3. The van der Waals surface area contributed by atoms with E-state index in [1.165, 1.54) is 32.7 Å². The fraction of sp³-hybridized carbons (Fsp3) is 0. The lowest BCUT2D eigenvalue weighted by molar-refractivity contribution is 0.872. The van der Waals surface area contributed by atoms with Gasteiger partial charge >= 0.3 is 0 Å². The number of hydrogen-bond acceptors (Lipinski definition) is 4. The number of benzene rings is 3. The first-order valence-electron chi connectivity index (χ1n) is 9.39. The summed E-state index contributed by atoms with van der Waals surface area (Å²) in [5, 5.41) is 12.1. The van der Waals surface area contributed by atoms with Crippen molar-refractivity contribution in [2.75, 3.05) is 0 Å². The predicted octanol–water partition coefficient (Wildman–Crippen LogP) is 6.60. The Morgan fingerprint density at radius 1 is 0.517 bits per heavy atom. The minimum atomic E-state index is 0.836. The molecule has 0 amide bonds. The van der Waals surface area contributed by atoms with Crippen LogP contribution in [0.15, 0.2) is 103 Å². The average Bonchev–Trinajstić information content (AvgIpc) is 3.22. The molecule has 5 aromatic rings. The van der Waals surface area contributed by atoms with Crippen molar-refractivity contribution in [2.24, 2.45) is 0 Å². The summed E-state index contributed by atoms with van der Waals surface area (Å²) in [5.41, 5.74) is 6.79. The van der Waals surface area contributed by atoms with Gasteiger partial charge in [0.2, 0.25) is 0 Å². The molecule has 0 saturated heterocycles. The van der Waals surface area contributed by atoms with E-state index in [2.05, 4.69) is 94.3 Å². The van der Waals surface area contributed by atoms with E-state index in [0.29, 0.717) is 0 Å². The molecular weight excluding hydrogens is 374 g/mol. The van der Waals surface area contributed by atoms with Gasteiger partial charge in [0, 0.05) is 16.0 Å². The molecule has 3 aromatic carbocycles. The van der Waals surface area contributed by atoms with Crippen molar-refractivity contribution in [1.82, 2.24) is 15.4 Å². The summed E-state index contributed by atoms with van der Waals surface area (Å²) in [5.74, 6) is 0. The summed E-state index contributed by atoms with van der Waals surface area (Å²) >= 11 is 1.75. The minimum Gasteiger partial charge on any atom is -0.139 e. The molecule has 0 unspecified atom stereocenters. The molecule has 0 bridgehead atoms. The van der Waals surface area contributed by atoms with Crippen LogP contribution in [0.2, 0.25) is 0 Å². The number of hydrogen-bond donors (Lipinski definition) is 0. The quantitative estimate of drug-likeness (QED) is 0.346. The molecule has 5 rings (SSSR count). The first-order valence-corrected chi connectivity index (χ1v) is 10.2. The van der Waals surface area contributed by atoms with Crippen molar-refractivity contribution in [2.45, 2.75) is 0 Å². The third-order valence-electron chi connectivity index (χ3n) is 4.80. The maximum absolute atomic E-state index is 4.33. The SMILES string of the molecule is c1ccc(-c2sc(-c3ccnnn3)c(-c3ccccc3)c2-c2ccccc2)cc1. The lowest BCUT2D eigenvalue weighted by atomic mass is 9.92. The smallest absolute Gasteiger partial charge is 0.107 e. The second kappa shape index (κ2) is 7.78. The summed E-state index contributed by atoms with van der Waals surface area (Å²) in [7, 11) is 0. The molecule has 2 aromatic heterocycles. The number of thiophene rings is 1. The third kappa shape index (κ3) is 3.35. The van der Waals surface area contributed by atoms with Crippen LogP contribution in [0, 0.1) is 0 Å². The van der Waals surface area contributed by atoms with Crippen LogP contribution in [0.3, 0.4) is 0 Å². The average molecular weight is 391 g/mol. The number of rotatable bonds is 4. The maximum Gasteiger partial charge on any atom is 0.107 e. The molecule has 3 nitrogen and oxygen atoms in total. The molecule has 29 heavy (non-hydrogen) atoms. The van der Waals surface area contributed by atoms with Crippen molar-refractivity contribution >= 4 is 11.3 Å². The molecule has 4 heteroatoms. The van der Waals surface area contributed by atoms with Gasteiger partial charge in [-0.2, -0.15) is 0 Å². The molecule has 0 spiro atoms. The van der Waals surface area contributed by atoms with E-state index in [9.17, 15) is 0 Å². The highest BCUT2D eigenvalue weighted by Crippen LogP contribution is 2.51. The largest absolute Gasteiger partial charge is 0.139 e. The molecule has 0 aliphatic rings. The zero-order chi connectivity index (χ0) is 19.5. The predicted molar refractivity (Wildman–Crippen MR) is 119 cm³/mol. The molecule has 138 valence electrons. The summed E-state index contributed by atoms with van der Waals surface area (Å²) in [6, 6.07) is 33.5. The van der Waals surface area contributed by atoms with Crippen LogP contribution in [0.25, 0.3) is 43.3 Å². The van der Waals surface area contributed by atoms with Gasteiger partial charge in [0.25, 0.3) is 0 Å². The first kappa shape index (κ1) is 17.5. The lowest BCUT2D eigenvalue weighted by Gasteiger charge is -2.10. The van der Waals surface area contributed by atoms with Crippen molar-refractivity contribution < 1.29 is 0 Å². The monoisotopic (exact) mass is 391 g/mol. The zero-order valence-electron chi connectivity index (χ0n) is 15.6. The topological polar surface area (TPSA) is 38.7 Å². The van der Waals surface area contributed by atoms with Crippen LogP contribution in [0.5, 0.6) is 0 Å². The van der Waals surface area contributed by atoms with E-state index >= 15 is 0 Å². The fourth-order valence-corrected chi connectivity index (χ4v) is 4.84. The van der Waals surface area contributed by atoms with E-state index in [4.69, 9.17) is 0 Å². The summed E-state index contributed by atoms with van der Waals surface area (Å²) in [4.78, 5) is 2.33. The van der Waals surface area contributed by atoms with Gasteiger partial charge in [0.1, 0.15) is 5.69 Å². The van der Waals surface area contributed by atoms with Crippen molar-refractivity contribution in [3.8, 4) is 43.3 Å². The molecule has 0 fully saturated rings. The normalized spacial score (nSPS) is 10.8. The summed E-state index contributed by atoms with van der Waals surface area (Å²) in [6.45, 7) is 0. The first-order chi connectivity index (χ1) is 14.4. The van der Waals surface area contributed by atoms with Gasteiger partial charge < -0.3 is 0 Å². The molecular formula is C25H17N3S. The summed E-state index contributed by atoms with van der Waals surface area (Å²) in [6.07, 6.45) is 1.70. The van der Waals surface area contributed by atoms with Gasteiger partial charge in [0.05, 0.1) is 11.1 Å². The van der Waals surface area contributed by atoms with Gasteiger partial charge in [-0.05, 0) is 28.0 Å². The van der Waals surface area contributed by atoms with E-state index in [0.717, 1.165) is 10.6 Å². The molecule has 0 radical (unpaired) electrons. The van der Waals surface area contributed by atoms with Crippen LogP contribution in [0.1, 0.15) is 0 Å². The van der Waals surface area contributed by atoms with Crippen molar-refractivity contribution in [1.29, 1.82) is 0 Å². The molecule has 0 aliphatic carbocycles. The third-order valence-corrected chi connectivity index (χ3v) is 6.07. The highest BCUT2D eigenvalue weighted by molar-refractivity contribution is 7.20. The highest BCUT2D eigenvalue weighted by Gasteiger charge is 2.23. The second-order valence-corrected chi connectivity index (χ2v) is 7.63. The van der Waals surface area contributed by atoms with E-state index in [1.54, 1.807) is 17.5 Å². The Morgan fingerprint density at radius 2 is 1.03 bits per heavy atom. The molecule has 2 heterocycles. The van der Waals surface area contributed by atoms with E-state index in [-0.39, 0.29) is 0 Å². The van der Waals surface area contributed by atoms with Crippen molar-refractivity contribution in [3.63, 3.8) is 0 Å². The Hall–Kier alpha value is -3.63. The number of aromatic nitrogens is 3. The molecule has 0 N–H and O–H groups in total.